The number of carbonyl (C=O) groups excluding carboxylic acids is 1. The highest BCUT2D eigenvalue weighted by atomic mass is 79.9. The van der Waals surface area contributed by atoms with Gasteiger partial charge in [0.05, 0.1) is 11.5 Å². The van der Waals surface area contributed by atoms with E-state index in [9.17, 15) is 14.7 Å². The van der Waals surface area contributed by atoms with Crippen LogP contribution in [0.1, 0.15) is 29.6 Å². The molecular weight excluding hydrogens is 390 g/mol. The van der Waals surface area contributed by atoms with Crippen molar-refractivity contribution in [3.8, 4) is 0 Å². The molecule has 0 spiro atoms. The van der Waals surface area contributed by atoms with Crippen molar-refractivity contribution in [2.45, 2.75) is 31.3 Å². The third kappa shape index (κ3) is 2.19. The van der Waals surface area contributed by atoms with E-state index in [2.05, 4.69) is 31.9 Å². The molecule has 2 aliphatic heterocycles. The van der Waals surface area contributed by atoms with E-state index in [1.165, 1.54) is 0 Å². The Kier molecular flexibility index (Phi) is 3.62. The van der Waals surface area contributed by atoms with Crippen LogP contribution in [0.3, 0.4) is 0 Å². The van der Waals surface area contributed by atoms with E-state index < -0.39 is 11.9 Å². The second kappa shape index (κ2) is 5.15. The van der Waals surface area contributed by atoms with Crippen molar-refractivity contribution < 1.29 is 14.7 Å². The van der Waals surface area contributed by atoms with E-state index in [4.69, 9.17) is 0 Å². The fraction of sp³-hybridized carbons (Fsp3) is 0.429. The summed E-state index contributed by atoms with van der Waals surface area (Å²) in [5.74, 6) is -1.27. The first-order valence-corrected chi connectivity index (χ1v) is 8.08. The standard InChI is InChI=1S/C14H13Br2NO3/c15-7-1-3-9(11(16)5-7)13(18)17-8-2-4-12(17)10(6-8)14(19)20/h1,3,5,8,10,12H,2,4,6H2,(H,19,20). The van der Waals surface area contributed by atoms with Crippen LogP contribution in [0, 0.1) is 5.92 Å². The first-order chi connectivity index (χ1) is 9.49. The van der Waals surface area contributed by atoms with Gasteiger partial charge in [-0.1, -0.05) is 15.9 Å². The molecule has 0 saturated carbocycles. The number of rotatable bonds is 2. The average molecular weight is 403 g/mol. The number of hydrogen-bond acceptors (Lipinski definition) is 2. The molecule has 2 bridgehead atoms. The van der Waals surface area contributed by atoms with E-state index in [0.717, 1.165) is 21.8 Å². The molecule has 3 rings (SSSR count). The van der Waals surface area contributed by atoms with Crippen molar-refractivity contribution in [3.63, 3.8) is 0 Å². The van der Waals surface area contributed by atoms with Crippen LogP contribution in [0.4, 0.5) is 0 Å². The third-order valence-corrected chi connectivity index (χ3v) is 5.40. The molecule has 3 unspecified atom stereocenters. The molecule has 0 aromatic heterocycles. The minimum atomic E-state index is -0.787. The van der Waals surface area contributed by atoms with Gasteiger partial charge >= 0.3 is 5.97 Å². The molecule has 1 N–H and O–H groups in total. The van der Waals surface area contributed by atoms with Gasteiger partial charge in [-0.05, 0) is 53.4 Å². The first-order valence-electron chi connectivity index (χ1n) is 6.49. The van der Waals surface area contributed by atoms with Gasteiger partial charge in [0.2, 0.25) is 0 Å². The Morgan fingerprint density at radius 3 is 2.60 bits per heavy atom. The number of hydrogen-bond donors (Lipinski definition) is 1. The molecule has 0 radical (unpaired) electrons. The number of halogens is 2. The normalized spacial score (nSPS) is 27.9. The number of carboxylic acids is 1. The molecule has 6 heteroatoms. The second-order valence-corrected chi connectivity index (χ2v) is 7.09. The molecule has 3 atom stereocenters. The maximum atomic E-state index is 12.7. The number of carbonyl (C=O) groups is 2. The predicted octanol–water partition coefficient (Wildman–Crippen LogP) is 3.29. The van der Waals surface area contributed by atoms with Crippen LogP contribution in [-0.2, 0) is 4.79 Å². The lowest BCUT2D eigenvalue weighted by Gasteiger charge is -2.23. The lowest BCUT2D eigenvalue weighted by molar-refractivity contribution is -0.142. The van der Waals surface area contributed by atoms with Gasteiger partial charge in [-0.3, -0.25) is 9.59 Å². The van der Waals surface area contributed by atoms with E-state index >= 15 is 0 Å². The average Bonchev–Trinajstić information content (AvgIpc) is 2.95. The largest absolute Gasteiger partial charge is 0.481 e. The predicted molar refractivity (Wildman–Crippen MR) is 80.6 cm³/mol. The minimum Gasteiger partial charge on any atom is -0.481 e. The Hall–Kier alpha value is -0.880. The lowest BCUT2D eigenvalue weighted by atomic mass is 9.89. The topological polar surface area (TPSA) is 57.6 Å². The quantitative estimate of drug-likeness (QED) is 0.825. The van der Waals surface area contributed by atoms with Crippen LogP contribution in [0.5, 0.6) is 0 Å². The van der Waals surface area contributed by atoms with Crippen LogP contribution < -0.4 is 0 Å². The van der Waals surface area contributed by atoms with Crippen LogP contribution >= 0.6 is 31.9 Å². The summed E-state index contributed by atoms with van der Waals surface area (Å²) < 4.78 is 1.63. The van der Waals surface area contributed by atoms with Crippen LogP contribution in [0.2, 0.25) is 0 Å². The van der Waals surface area contributed by atoms with Crippen LogP contribution in [-0.4, -0.2) is 34.0 Å². The number of carboxylic acid groups (broad SMARTS) is 1. The molecule has 20 heavy (non-hydrogen) atoms. The number of amides is 1. The summed E-state index contributed by atoms with van der Waals surface area (Å²) in [7, 11) is 0. The van der Waals surface area contributed by atoms with Gasteiger partial charge in [-0.2, -0.15) is 0 Å². The zero-order chi connectivity index (χ0) is 14.4. The summed E-state index contributed by atoms with van der Waals surface area (Å²) in [5, 5.41) is 9.24. The van der Waals surface area contributed by atoms with Gasteiger partial charge in [0.15, 0.2) is 0 Å². The number of benzene rings is 1. The molecule has 2 fully saturated rings. The number of aliphatic carboxylic acids is 1. The molecular formula is C14H13Br2NO3. The van der Waals surface area contributed by atoms with E-state index in [0.29, 0.717) is 12.0 Å². The fourth-order valence-electron chi connectivity index (χ4n) is 3.37. The van der Waals surface area contributed by atoms with Crippen LogP contribution in [0.25, 0.3) is 0 Å². The highest BCUT2D eigenvalue weighted by Gasteiger charge is 2.51. The minimum absolute atomic E-state index is 0.0689. The van der Waals surface area contributed by atoms with Crippen molar-refractivity contribution in [2.75, 3.05) is 0 Å². The second-order valence-electron chi connectivity index (χ2n) is 5.32. The van der Waals surface area contributed by atoms with Crippen molar-refractivity contribution in [1.82, 2.24) is 4.90 Å². The molecule has 1 aromatic rings. The van der Waals surface area contributed by atoms with Crippen molar-refractivity contribution in [2.24, 2.45) is 5.92 Å². The molecule has 106 valence electrons. The van der Waals surface area contributed by atoms with Gasteiger partial charge in [0, 0.05) is 21.0 Å². The fourth-order valence-corrected chi connectivity index (χ4v) is 4.59. The molecule has 2 heterocycles. The third-order valence-electron chi connectivity index (χ3n) is 4.25. The van der Waals surface area contributed by atoms with Gasteiger partial charge < -0.3 is 10.0 Å². The van der Waals surface area contributed by atoms with Crippen LogP contribution in [0.15, 0.2) is 27.1 Å². The lowest BCUT2D eigenvalue weighted by Crippen LogP contribution is -2.38. The Bertz CT molecular complexity index is 590. The Balaban J connectivity index is 1.90. The number of nitrogens with zero attached hydrogens (tertiary/aromatic N) is 1. The molecule has 0 aliphatic carbocycles. The highest BCUT2D eigenvalue weighted by Crippen LogP contribution is 2.43. The summed E-state index contributed by atoms with van der Waals surface area (Å²) in [6.07, 6.45) is 2.29. The molecule has 2 saturated heterocycles. The molecule has 4 nitrogen and oxygen atoms in total. The van der Waals surface area contributed by atoms with Gasteiger partial charge in [-0.25, -0.2) is 0 Å². The Labute approximate surface area is 133 Å². The van der Waals surface area contributed by atoms with Crippen molar-refractivity contribution in [3.05, 3.63) is 32.7 Å². The summed E-state index contributed by atoms with van der Waals surface area (Å²) in [6.45, 7) is 0. The maximum Gasteiger partial charge on any atom is 0.308 e. The zero-order valence-corrected chi connectivity index (χ0v) is 13.7. The van der Waals surface area contributed by atoms with Gasteiger partial charge in [0.1, 0.15) is 0 Å². The first kappa shape index (κ1) is 14.1. The van der Waals surface area contributed by atoms with E-state index in [1.54, 1.807) is 11.0 Å². The summed E-state index contributed by atoms with van der Waals surface area (Å²) in [5.41, 5.74) is 0.594. The SMILES string of the molecule is O=C(O)C1CC2CCC1N2C(=O)c1ccc(Br)cc1Br. The smallest absolute Gasteiger partial charge is 0.308 e. The van der Waals surface area contributed by atoms with Gasteiger partial charge in [0.25, 0.3) is 5.91 Å². The Morgan fingerprint density at radius 1 is 1.25 bits per heavy atom. The maximum absolute atomic E-state index is 12.7. The number of fused-ring (bicyclic) bond motifs is 2. The Morgan fingerprint density at radius 2 is 2.00 bits per heavy atom. The summed E-state index contributed by atoms with van der Waals surface area (Å²) in [4.78, 5) is 25.7. The van der Waals surface area contributed by atoms with E-state index in [-0.39, 0.29) is 18.0 Å². The zero-order valence-electron chi connectivity index (χ0n) is 10.6. The monoisotopic (exact) mass is 401 g/mol. The van der Waals surface area contributed by atoms with E-state index in [1.807, 2.05) is 12.1 Å². The molecule has 1 aromatic carbocycles. The highest BCUT2D eigenvalue weighted by molar-refractivity contribution is 9.11. The van der Waals surface area contributed by atoms with Crippen molar-refractivity contribution in [1.29, 1.82) is 0 Å². The van der Waals surface area contributed by atoms with Gasteiger partial charge in [-0.15, -0.1) is 0 Å². The summed E-state index contributed by atoms with van der Waals surface area (Å²) >= 11 is 6.77. The summed E-state index contributed by atoms with van der Waals surface area (Å²) in [6, 6.07) is 5.35. The molecule has 1 amide bonds. The molecule has 2 aliphatic rings. The van der Waals surface area contributed by atoms with Crippen molar-refractivity contribution >= 4 is 43.7 Å².